The highest BCUT2D eigenvalue weighted by Gasteiger charge is 2.60. The Hall–Kier alpha value is -9.96. The lowest BCUT2D eigenvalue weighted by Gasteiger charge is -2.57. The quantitative estimate of drug-likeness (QED) is 0.158. The fraction of sp³-hybridized carbons (Fsp3) is 0.0270. The second kappa shape index (κ2) is 15.8. The summed E-state index contributed by atoms with van der Waals surface area (Å²) in [6, 6.07) is 107. The van der Waals surface area contributed by atoms with Crippen molar-refractivity contribution in [1.29, 1.82) is 0 Å². The Balaban J connectivity index is 0.957. The van der Waals surface area contributed by atoms with Crippen molar-refractivity contribution in [3.63, 3.8) is 0 Å². The van der Waals surface area contributed by atoms with E-state index in [9.17, 15) is 0 Å². The first-order valence-corrected chi connectivity index (χ1v) is 26.8. The normalized spacial score (nSPS) is 16.4. The van der Waals surface area contributed by atoms with Crippen LogP contribution in [0.25, 0.3) is 93.6 Å². The van der Waals surface area contributed by atoms with Crippen LogP contribution in [0.1, 0.15) is 44.5 Å². The van der Waals surface area contributed by atoms with Gasteiger partial charge < -0.3 is 13.7 Å². The van der Waals surface area contributed by atoms with Gasteiger partial charge in [0.1, 0.15) is 0 Å². The second-order valence-electron chi connectivity index (χ2n) is 21.1. The van der Waals surface area contributed by atoms with Gasteiger partial charge in [-0.15, -0.1) is 0 Å². The molecule has 0 saturated heterocycles. The molecule has 77 heavy (non-hydrogen) atoms. The number of rotatable bonds is 6. The van der Waals surface area contributed by atoms with Crippen LogP contribution in [0.4, 0.5) is 0 Å². The standard InChI is InChI=1S/C74H47N3/c1-11-36-67-55(26-1)56-27-2-12-37-68(56)75(67)52-23-17-20-48(44-52)49-42-43-65-66(45-49)74(51-22-19-25-54(47-51)77-71-40-15-5-30-59(71)60-31-6-16-41-72(60)77)63-34-9-7-32-61(63)73(65,62-33-8-10-35-64(62)74)50-21-18-24-53(46-50)76-69-38-13-3-28-57(69)58-29-4-14-39-70(58)76/h1-47H. The summed E-state index contributed by atoms with van der Waals surface area (Å²) in [6.07, 6.45) is 0. The Kier molecular flexibility index (Phi) is 8.69. The van der Waals surface area contributed by atoms with Crippen molar-refractivity contribution in [3.8, 4) is 28.2 Å². The Bertz CT molecular complexity index is 4750. The fourth-order valence-electron chi connectivity index (χ4n) is 14.6. The van der Waals surface area contributed by atoms with E-state index in [2.05, 4.69) is 299 Å². The molecule has 0 atom stereocenters. The van der Waals surface area contributed by atoms with Gasteiger partial charge in [-0.1, -0.05) is 206 Å². The zero-order valence-electron chi connectivity index (χ0n) is 42.0. The molecule has 0 spiro atoms. The number of benzene rings is 12. The van der Waals surface area contributed by atoms with Gasteiger partial charge in [0.25, 0.3) is 0 Å². The fourth-order valence-corrected chi connectivity index (χ4v) is 14.6. The first-order valence-electron chi connectivity index (χ1n) is 26.8. The van der Waals surface area contributed by atoms with Gasteiger partial charge in [-0.25, -0.2) is 0 Å². The number of nitrogens with zero attached hydrogens (tertiary/aromatic N) is 3. The summed E-state index contributed by atoms with van der Waals surface area (Å²) in [6.45, 7) is 0. The second-order valence-corrected chi connectivity index (χ2v) is 21.1. The summed E-state index contributed by atoms with van der Waals surface area (Å²) in [7, 11) is 0. The van der Waals surface area contributed by atoms with Gasteiger partial charge in [-0.3, -0.25) is 0 Å². The van der Waals surface area contributed by atoms with Crippen LogP contribution in [0.5, 0.6) is 0 Å². The molecule has 3 heterocycles. The molecule has 3 aromatic heterocycles. The van der Waals surface area contributed by atoms with Crippen molar-refractivity contribution in [1.82, 2.24) is 13.7 Å². The van der Waals surface area contributed by atoms with Crippen LogP contribution in [0.2, 0.25) is 0 Å². The van der Waals surface area contributed by atoms with Crippen molar-refractivity contribution < 1.29 is 0 Å². The molecule has 0 N–H and O–H groups in total. The number of fused-ring (bicyclic) bond motifs is 9. The smallest absolute Gasteiger partial charge is 0.0712 e. The van der Waals surface area contributed by atoms with Gasteiger partial charge >= 0.3 is 0 Å². The first kappa shape index (κ1) is 42.4. The molecule has 3 heteroatoms. The van der Waals surface area contributed by atoms with Crippen LogP contribution in [-0.2, 0) is 10.8 Å². The van der Waals surface area contributed by atoms with Gasteiger partial charge in [-0.2, -0.15) is 0 Å². The highest BCUT2D eigenvalue weighted by atomic mass is 15.0. The third kappa shape index (κ3) is 5.54. The largest absolute Gasteiger partial charge is 0.309 e. The maximum Gasteiger partial charge on any atom is 0.0712 e. The minimum atomic E-state index is -0.691. The number of aromatic nitrogens is 3. The van der Waals surface area contributed by atoms with E-state index < -0.39 is 10.8 Å². The molecule has 0 radical (unpaired) electrons. The monoisotopic (exact) mass is 977 g/mol. The van der Waals surface area contributed by atoms with E-state index in [1.54, 1.807) is 0 Å². The van der Waals surface area contributed by atoms with Gasteiger partial charge in [0.05, 0.1) is 43.9 Å². The van der Waals surface area contributed by atoms with E-state index in [1.165, 1.54) is 121 Å². The lowest BCUT2D eigenvalue weighted by Crippen LogP contribution is -2.52. The van der Waals surface area contributed by atoms with E-state index in [0.29, 0.717) is 0 Å². The predicted molar refractivity (Wildman–Crippen MR) is 319 cm³/mol. The van der Waals surface area contributed by atoms with Crippen molar-refractivity contribution in [2.75, 3.05) is 0 Å². The minimum absolute atomic E-state index is 0.660. The lowest BCUT2D eigenvalue weighted by atomic mass is 9.44. The summed E-state index contributed by atoms with van der Waals surface area (Å²) in [5, 5.41) is 7.53. The predicted octanol–water partition coefficient (Wildman–Crippen LogP) is 18.0. The third-order valence-electron chi connectivity index (χ3n) is 17.6. The molecule has 358 valence electrons. The molecule has 12 aromatic carbocycles. The Morgan fingerprint density at radius 3 is 0.857 bits per heavy atom. The zero-order valence-corrected chi connectivity index (χ0v) is 42.0. The van der Waals surface area contributed by atoms with Gasteiger partial charge in [-0.05, 0) is 134 Å². The van der Waals surface area contributed by atoms with Crippen molar-refractivity contribution >= 4 is 65.4 Å². The van der Waals surface area contributed by atoms with E-state index in [0.717, 1.165) is 17.1 Å². The maximum atomic E-state index is 2.56. The van der Waals surface area contributed by atoms with Crippen LogP contribution >= 0.6 is 0 Å². The van der Waals surface area contributed by atoms with Gasteiger partial charge in [0.2, 0.25) is 0 Å². The van der Waals surface area contributed by atoms with Gasteiger partial charge in [0, 0.05) is 49.4 Å². The summed E-state index contributed by atoms with van der Waals surface area (Å²) < 4.78 is 7.37. The average molecular weight is 978 g/mol. The number of hydrogen-bond acceptors (Lipinski definition) is 0. The van der Waals surface area contributed by atoms with Crippen LogP contribution in [0.3, 0.4) is 0 Å². The molecule has 3 aliphatic rings. The molecule has 3 aliphatic carbocycles. The van der Waals surface area contributed by atoms with Gasteiger partial charge in [0.15, 0.2) is 0 Å². The molecule has 15 aromatic rings. The SMILES string of the molecule is c1cc(-c2ccc3c(c2)C2(c4cccc(-n5c6ccccc6c6ccccc65)c4)c4ccccc4C3(c3cccc(-n4c5ccccc5c5ccccc54)c3)c3ccccc32)cc(-n2c3ccccc3c3ccccc32)c1. The molecule has 3 nitrogen and oxygen atoms in total. The summed E-state index contributed by atoms with van der Waals surface area (Å²) in [4.78, 5) is 0. The summed E-state index contributed by atoms with van der Waals surface area (Å²) in [5.41, 5.74) is 22.0. The molecule has 0 fully saturated rings. The number of para-hydroxylation sites is 6. The summed E-state index contributed by atoms with van der Waals surface area (Å²) in [5.74, 6) is 0. The van der Waals surface area contributed by atoms with Crippen LogP contribution in [-0.4, -0.2) is 13.7 Å². The Morgan fingerprint density at radius 2 is 0.481 bits per heavy atom. The topological polar surface area (TPSA) is 14.8 Å². The molecule has 0 aliphatic heterocycles. The minimum Gasteiger partial charge on any atom is -0.309 e. The molecule has 2 bridgehead atoms. The van der Waals surface area contributed by atoms with E-state index in [4.69, 9.17) is 0 Å². The highest BCUT2D eigenvalue weighted by molar-refractivity contribution is 6.11. The van der Waals surface area contributed by atoms with Crippen LogP contribution in [0, 0.1) is 0 Å². The Morgan fingerprint density at radius 1 is 0.195 bits per heavy atom. The molecular formula is C74H47N3. The van der Waals surface area contributed by atoms with E-state index >= 15 is 0 Å². The summed E-state index contributed by atoms with van der Waals surface area (Å²) >= 11 is 0. The molecule has 0 saturated carbocycles. The molecule has 0 amide bonds. The van der Waals surface area contributed by atoms with Crippen molar-refractivity contribution in [2.24, 2.45) is 0 Å². The molecule has 0 unspecified atom stereocenters. The molecule has 18 rings (SSSR count). The van der Waals surface area contributed by atoms with Crippen LogP contribution < -0.4 is 0 Å². The third-order valence-corrected chi connectivity index (χ3v) is 17.6. The van der Waals surface area contributed by atoms with E-state index in [-0.39, 0.29) is 0 Å². The highest BCUT2D eigenvalue weighted by Crippen LogP contribution is 2.66. The maximum absolute atomic E-state index is 2.56. The zero-order chi connectivity index (χ0) is 50.4. The van der Waals surface area contributed by atoms with Crippen molar-refractivity contribution in [3.05, 3.63) is 330 Å². The number of hydrogen-bond donors (Lipinski definition) is 0. The lowest BCUT2D eigenvalue weighted by molar-refractivity contribution is 0.557. The molecular weight excluding hydrogens is 931 g/mol. The first-order chi connectivity index (χ1) is 38.2. The Labute approximate surface area is 445 Å². The van der Waals surface area contributed by atoms with E-state index in [1.807, 2.05) is 0 Å². The average Bonchev–Trinajstić information content (AvgIpc) is 4.18. The van der Waals surface area contributed by atoms with Crippen LogP contribution in [0.15, 0.2) is 285 Å². The van der Waals surface area contributed by atoms with Crippen molar-refractivity contribution in [2.45, 2.75) is 10.8 Å².